The zero-order chi connectivity index (χ0) is 20.4. The fraction of sp³-hybridized carbons (Fsp3) is 0.263. The van der Waals surface area contributed by atoms with E-state index in [1.165, 1.54) is 0 Å². The molecule has 4 rings (SSSR count). The monoisotopic (exact) mass is 470 g/mol. The van der Waals surface area contributed by atoms with Gasteiger partial charge in [0.15, 0.2) is 0 Å². The van der Waals surface area contributed by atoms with E-state index in [2.05, 4.69) is 15.0 Å². The van der Waals surface area contributed by atoms with Crippen LogP contribution in [0.3, 0.4) is 0 Å². The summed E-state index contributed by atoms with van der Waals surface area (Å²) in [5.74, 6) is 0. The summed E-state index contributed by atoms with van der Waals surface area (Å²) in [6, 6.07) is 10.5. The molecule has 2 atom stereocenters. The van der Waals surface area contributed by atoms with Crippen molar-refractivity contribution in [3.05, 3.63) is 52.6 Å². The number of nitrogens with one attached hydrogen (secondary N) is 3. The van der Waals surface area contributed by atoms with Crippen LogP contribution in [0.4, 0.5) is 5.69 Å². The summed E-state index contributed by atoms with van der Waals surface area (Å²) in [4.78, 5) is 4.35. The molecule has 1 aliphatic heterocycles. The fourth-order valence-electron chi connectivity index (χ4n) is 3.23. The minimum Gasteiger partial charge on any atom is -0.358 e. The number of nitrogens with zero attached hydrogens (tertiary/aromatic N) is 1. The lowest BCUT2D eigenvalue weighted by atomic mass is 10.2. The minimum atomic E-state index is -1.50. The van der Waals surface area contributed by atoms with Crippen molar-refractivity contribution in [2.75, 3.05) is 30.9 Å². The van der Waals surface area contributed by atoms with E-state index in [0.717, 1.165) is 32.6 Å². The van der Waals surface area contributed by atoms with Crippen LogP contribution in [0.2, 0.25) is 10.0 Å². The van der Waals surface area contributed by atoms with Crippen molar-refractivity contribution in [2.24, 2.45) is 0 Å². The van der Waals surface area contributed by atoms with Crippen LogP contribution in [-0.2, 0) is 22.0 Å². The van der Waals surface area contributed by atoms with Crippen molar-refractivity contribution in [1.29, 1.82) is 0 Å². The SMILES string of the molecule is O=S(Nc1ccc(Cl)c2c(Cl)c[nH]c12)c1ccc(S(=O)N2CCCNCC2)cc1. The van der Waals surface area contributed by atoms with E-state index < -0.39 is 22.0 Å². The van der Waals surface area contributed by atoms with Crippen molar-refractivity contribution in [1.82, 2.24) is 14.6 Å². The molecule has 0 spiro atoms. The predicted molar refractivity (Wildman–Crippen MR) is 120 cm³/mol. The average Bonchev–Trinajstić information content (AvgIpc) is 2.95. The van der Waals surface area contributed by atoms with Crippen LogP contribution in [0.1, 0.15) is 6.42 Å². The Bertz CT molecular complexity index is 1060. The Morgan fingerprint density at radius 2 is 1.69 bits per heavy atom. The van der Waals surface area contributed by atoms with Gasteiger partial charge >= 0.3 is 0 Å². The molecule has 154 valence electrons. The number of rotatable bonds is 5. The van der Waals surface area contributed by atoms with Crippen molar-refractivity contribution in [2.45, 2.75) is 16.2 Å². The molecule has 2 aromatic carbocycles. The van der Waals surface area contributed by atoms with Crippen LogP contribution < -0.4 is 10.0 Å². The first-order valence-electron chi connectivity index (χ1n) is 9.16. The highest BCUT2D eigenvalue weighted by Crippen LogP contribution is 2.35. The minimum absolute atomic E-state index is 0.509. The van der Waals surface area contributed by atoms with E-state index in [-0.39, 0.29) is 0 Å². The summed E-state index contributed by atoms with van der Waals surface area (Å²) < 4.78 is 30.6. The van der Waals surface area contributed by atoms with Gasteiger partial charge in [0.2, 0.25) is 0 Å². The van der Waals surface area contributed by atoms with Crippen LogP contribution in [0.5, 0.6) is 0 Å². The molecule has 0 radical (unpaired) electrons. The second-order valence-electron chi connectivity index (χ2n) is 6.61. The quantitative estimate of drug-likeness (QED) is 0.528. The van der Waals surface area contributed by atoms with Crippen LogP contribution >= 0.6 is 23.2 Å². The Hall–Kier alpha value is -1.42. The normalized spacial score (nSPS) is 17.7. The first-order chi connectivity index (χ1) is 14.0. The van der Waals surface area contributed by atoms with E-state index in [0.29, 0.717) is 36.4 Å². The second kappa shape index (κ2) is 9.16. The number of fused-ring (bicyclic) bond motifs is 1. The molecule has 0 bridgehead atoms. The maximum absolute atomic E-state index is 12.8. The Balaban J connectivity index is 1.50. The average molecular weight is 471 g/mol. The molecule has 1 aromatic heterocycles. The molecular weight excluding hydrogens is 451 g/mol. The van der Waals surface area contributed by atoms with E-state index in [9.17, 15) is 8.42 Å². The first kappa shape index (κ1) is 20.8. The maximum atomic E-state index is 12.8. The van der Waals surface area contributed by atoms with Gasteiger partial charge in [-0.25, -0.2) is 12.7 Å². The predicted octanol–water partition coefficient (Wildman–Crippen LogP) is 3.93. The number of benzene rings is 2. The van der Waals surface area contributed by atoms with Crippen molar-refractivity contribution < 1.29 is 8.42 Å². The molecule has 3 N–H and O–H groups in total. The largest absolute Gasteiger partial charge is 0.358 e. The number of aromatic nitrogens is 1. The van der Waals surface area contributed by atoms with Gasteiger partial charge in [0, 0.05) is 31.2 Å². The number of anilines is 1. The zero-order valence-corrected chi connectivity index (χ0v) is 18.6. The molecule has 1 fully saturated rings. The molecular formula is C19H20Cl2N4O2S2. The highest BCUT2D eigenvalue weighted by molar-refractivity contribution is 7.86. The number of hydrogen-bond donors (Lipinski definition) is 3. The molecule has 10 heteroatoms. The highest BCUT2D eigenvalue weighted by Gasteiger charge is 2.18. The van der Waals surface area contributed by atoms with Crippen molar-refractivity contribution >= 4 is 61.8 Å². The second-order valence-corrected chi connectivity index (χ2v) is 10.1. The van der Waals surface area contributed by atoms with E-state index in [1.807, 2.05) is 4.31 Å². The van der Waals surface area contributed by atoms with Gasteiger partial charge in [-0.2, -0.15) is 0 Å². The molecule has 29 heavy (non-hydrogen) atoms. The fourth-order valence-corrected chi connectivity index (χ4v) is 5.88. The number of halogens is 2. The van der Waals surface area contributed by atoms with Gasteiger partial charge in [-0.3, -0.25) is 4.72 Å². The lowest BCUT2D eigenvalue weighted by Gasteiger charge is -2.18. The van der Waals surface area contributed by atoms with E-state index in [4.69, 9.17) is 23.2 Å². The Morgan fingerprint density at radius 3 is 2.48 bits per heavy atom. The van der Waals surface area contributed by atoms with Crippen molar-refractivity contribution in [3.63, 3.8) is 0 Å². The lowest BCUT2D eigenvalue weighted by Crippen LogP contribution is -2.30. The molecule has 2 unspecified atom stereocenters. The van der Waals surface area contributed by atoms with Gasteiger partial charge in [-0.05, 0) is 49.4 Å². The van der Waals surface area contributed by atoms with Crippen LogP contribution in [0, 0.1) is 0 Å². The Labute approximate surface area is 184 Å². The molecule has 1 saturated heterocycles. The van der Waals surface area contributed by atoms with Crippen LogP contribution in [0.25, 0.3) is 10.9 Å². The Kier molecular flexibility index (Phi) is 6.58. The van der Waals surface area contributed by atoms with Gasteiger partial charge in [0.1, 0.15) is 22.0 Å². The van der Waals surface area contributed by atoms with Gasteiger partial charge < -0.3 is 10.3 Å². The van der Waals surface area contributed by atoms with Crippen LogP contribution in [0.15, 0.2) is 52.4 Å². The summed E-state index contributed by atoms with van der Waals surface area (Å²) in [6.45, 7) is 3.31. The maximum Gasteiger partial charge on any atom is 0.150 e. The molecule has 1 aliphatic rings. The summed E-state index contributed by atoms with van der Waals surface area (Å²) in [7, 11) is -2.71. The van der Waals surface area contributed by atoms with Gasteiger partial charge in [0.05, 0.1) is 31.0 Å². The van der Waals surface area contributed by atoms with Crippen LogP contribution in [-0.4, -0.2) is 43.9 Å². The summed E-state index contributed by atoms with van der Waals surface area (Å²) >= 11 is 12.4. The van der Waals surface area contributed by atoms with Gasteiger partial charge in [-0.15, -0.1) is 0 Å². The highest BCUT2D eigenvalue weighted by atomic mass is 35.5. The number of aromatic amines is 1. The number of hydrogen-bond acceptors (Lipinski definition) is 3. The summed E-state index contributed by atoms with van der Waals surface area (Å²) in [6.07, 6.45) is 2.62. The van der Waals surface area contributed by atoms with Gasteiger partial charge in [0.25, 0.3) is 0 Å². The molecule has 3 aromatic rings. The molecule has 6 nitrogen and oxygen atoms in total. The van der Waals surface area contributed by atoms with Crippen molar-refractivity contribution in [3.8, 4) is 0 Å². The molecule has 2 heterocycles. The topological polar surface area (TPSA) is 77.2 Å². The molecule has 0 saturated carbocycles. The van der Waals surface area contributed by atoms with E-state index >= 15 is 0 Å². The smallest absolute Gasteiger partial charge is 0.150 e. The zero-order valence-electron chi connectivity index (χ0n) is 15.4. The first-order valence-corrected chi connectivity index (χ1v) is 12.2. The lowest BCUT2D eigenvalue weighted by molar-refractivity contribution is 0.471. The third-order valence-corrected chi connectivity index (χ3v) is 7.94. The third kappa shape index (κ3) is 4.52. The summed E-state index contributed by atoms with van der Waals surface area (Å²) in [5, 5.41) is 5.03. The molecule has 0 amide bonds. The molecule has 0 aliphatic carbocycles. The Morgan fingerprint density at radius 1 is 0.931 bits per heavy atom. The third-order valence-electron chi connectivity index (χ3n) is 4.71. The van der Waals surface area contributed by atoms with Gasteiger partial charge in [-0.1, -0.05) is 23.2 Å². The standard InChI is InChI=1S/C19H20Cl2N4O2S2/c20-15-6-7-17(19-18(15)16(21)12-23-19)24-28(26)13-2-4-14(5-3-13)29(27)25-10-1-8-22-9-11-25/h2-7,12,22-24H,1,8-11H2. The number of H-pyrrole nitrogens is 1. The van der Waals surface area contributed by atoms with E-state index in [1.54, 1.807) is 42.6 Å². The summed E-state index contributed by atoms with van der Waals surface area (Å²) in [5.41, 5.74) is 1.34.